The quantitative estimate of drug-likeness (QED) is 0.484. The van der Waals surface area contributed by atoms with Crippen LogP contribution in [0.15, 0.2) is 12.1 Å². The van der Waals surface area contributed by atoms with Crippen molar-refractivity contribution in [2.24, 2.45) is 0 Å². The van der Waals surface area contributed by atoms with Gasteiger partial charge in [-0.3, -0.25) is 4.79 Å². The van der Waals surface area contributed by atoms with Gasteiger partial charge in [0.2, 0.25) is 0 Å². The van der Waals surface area contributed by atoms with Crippen LogP contribution in [0.25, 0.3) is 0 Å². The van der Waals surface area contributed by atoms with Crippen LogP contribution in [-0.2, 0) is 11.2 Å². The first-order valence-electron chi connectivity index (χ1n) is 14.7. The summed E-state index contributed by atoms with van der Waals surface area (Å²) in [7, 11) is 0. The molecule has 4 rings (SSSR count). The van der Waals surface area contributed by atoms with Gasteiger partial charge < -0.3 is 34.9 Å². The Bertz CT molecular complexity index is 1210. The van der Waals surface area contributed by atoms with Crippen LogP contribution in [0.4, 0.5) is 17.3 Å². The van der Waals surface area contributed by atoms with Crippen molar-refractivity contribution < 1.29 is 20.1 Å². The molecule has 0 radical (unpaired) electrons. The number of phenols is 1. The van der Waals surface area contributed by atoms with Crippen molar-refractivity contribution in [3.8, 4) is 11.5 Å². The highest BCUT2D eigenvalue weighted by Crippen LogP contribution is 2.43. The van der Waals surface area contributed by atoms with Crippen LogP contribution >= 0.6 is 12.4 Å². The number of amides is 1. The molecular formula is C31H50ClN5O4. The number of rotatable bonds is 8. The molecule has 0 aliphatic carbocycles. The minimum absolute atomic E-state index is 0. The lowest BCUT2D eigenvalue weighted by atomic mass is 9.86. The van der Waals surface area contributed by atoms with E-state index < -0.39 is 5.60 Å². The molecule has 1 aromatic heterocycles. The number of anilines is 3. The average molecular weight is 592 g/mol. The van der Waals surface area contributed by atoms with Gasteiger partial charge in [-0.2, -0.15) is 0 Å². The van der Waals surface area contributed by atoms with Crippen molar-refractivity contribution in [2.75, 3.05) is 67.1 Å². The number of phenolic OH excluding ortho intramolecular Hbond substituents is 1. The van der Waals surface area contributed by atoms with E-state index in [4.69, 9.17) is 9.72 Å². The normalized spacial score (nSPS) is 18.0. The zero-order valence-electron chi connectivity index (χ0n) is 26.1. The predicted molar refractivity (Wildman–Crippen MR) is 171 cm³/mol. The second kappa shape index (κ2) is 13.8. The third-order valence-electron chi connectivity index (χ3n) is 8.87. The molecule has 230 valence electrons. The van der Waals surface area contributed by atoms with Crippen molar-refractivity contribution in [2.45, 2.75) is 73.8 Å². The molecule has 0 spiro atoms. The van der Waals surface area contributed by atoms with Gasteiger partial charge in [0, 0.05) is 64.3 Å². The number of hydrogen-bond acceptors (Lipinski definition) is 7. The third-order valence-corrected chi connectivity index (χ3v) is 8.87. The molecule has 1 saturated heterocycles. The second-order valence-electron chi connectivity index (χ2n) is 11.0. The number of carbonyl (C=O) groups excluding carboxylic acids is 1. The number of fused-ring (bicyclic) bond motifs is 1. The number of ether oxygens (including phenoxy) is 1. The van der Waals surface area contributed by atoms with Crippen molar-refractivity contribution in [1.82, 2.24) is 9.88 Å². The largest absolute Gasteiger partial charge is 0.507 e. The molecule has 9 nitrogen and oxygen atoms in total. The van der Waals surface area contributed by atoms with E-state index >= 15 is 0 Å². The van der Waals surface area contributed by atoms with Gasteiger partial charge in [-0.25, -0.2) is 4.98 Å². The summed E-state index contributed by atoms with van der Waals surface area (Å²) in [6.07, 6.45) is 1.32. The molecular weight excluding hydrogens is 542 g/mol. The molecule has 41 heavy (non-hydrogen) atoms. The Morgan fingerprint density at radius 3 is 2.10 bits per heavy atom. The molecule has 3 heterocycles. The first-order chi connectivity index (χ1) is 18.6. The van der Waals surface area contributed by atoms with E-state index in [-0.39, 0.29) is 23.8 Å². The van der Waals surface area contributed by atoms with E-state index in [0.29, 0.717) is 25.3 Å². The Labute approximate surface area is 252 Å². The summed E-state index contributed by atoms with van der Waals surface area (Å²) in [5, 5.41) is 10.5. The lowest BCUT2D eigenvalue weighted by molar-refractivity contribution is -0.148. The summed E-state index contributed by atoms with van der Waals surface area (Å²) < 4.78 is 6.48. The lowest BCUT2D eigenvalue weighted by Gasteiger charge is -2.42. The summed E-state index contributed by atoms with van der Waals surface area (Å²) in [6, 6.07) is 4.34. The van der Waals surface area contributed by atoms with Crippen LogP contribution in [0.3, 0.4) is 0 Å². The number of pyridine rings is 1. The minimum Gasteiger partial charge on any atom is -0.507 e. The van der Waals surface area contributed by atoms with E-state index in [1.165, 1.54) is 5.69 Å². The van der Waals surface area contributed by atoms with Gasteiger partial charge in [0.1, 0.15) is 17.3 Å². The summed E-state index contributed by atoms with van der Waals surface area (Å²) in [5.74, 6) is 3.15. The maximum absolute atomic E-state index is 13.8. The van der Waals surface area contributed by atoms with Gasteiger partial charge in [-0.1, -0.05) is 0 Å². The van der Waals surface area contributed by atoms with Crippen LogP contribution < -0.4 is 19.4 Å². The molecule has 1 atom stereocenters. The lowest BCUT2D eigenvalue weighted by Crippen LogP contribution is -2.58. The van der Waals surface area contributed by atoms with Gasteiger partial charge in [0.15, 0.2) is 11.4 Å². The molecule has 2 aliphatic heterocycles. The van der Waals surface area contributed by atoms with Crippen molar-refractivity contribution in [1.29, 1.82) is 0 Å². The molecule has 0 bridgehead atoms. The zero-order valence-corrected chi connectivity index (χ0v) is 27.0. The first-order valence-corrected chi connectivity index (χ1v) is 14.7. The van der Waals surface area contributed by atoms with E-state index in [1.54, 1.807) is 0 Å². The van der Waals surface area contributed by atoms with E-state index in [0.717, 1.165) is 85.3 Å². The van der Waals surface area contributed by atoms with Gasteiger partial charge in [0.25, 0.3) is 5.91 Å². The third kappa shape index (κ3) is 6.31. The maximum atomic E-state index is 13.8. The van der Waals surface area contributed by atoms with Crippen molar-refractivity contribution in [3.05, 3.63) is 34.4 Å². The van der Waals surface area contributed by atoms with Gasteiger partial charge in [-0.05, 0) is 90.6 Å². The maximum Gasteiger partial charge on any atom is 0.266 e. The van der Waals surface area contributed by atoms with E-state index in [1.807, 2.05) is 32.6 Å². The summed E-state index contributed by atoms with van der Waals surface area (Å²) in [6.45, 7) is 22.9. The fourth-order valence-electron chi connectivity index (χ4n) is 6.05. The average Bonchev–Trinajstić information content (AvgIpc) is 2.96. The molecule has 0 saturated carbocycles. The minimum atomic E-state index is -0.907. The summed E-state index contributed by atoms with van der Waals surface area (Å²) >= 11 is 0. The van der Waals surface area contributed by atoms with Crippen molar-refractivity contribution >= 4 is 35.6 Å². The zero-order chi connectivity index (χ0) is 28.5. The first kappa shape index (κ1) is 34.3. The Morgan fingerprint density at radius 1 is 0.951 bits per heavy atom. The Balaban J connectivity index is 0.00000294. The number of halogens is 1. The monoisotopic (exact) mass is 591 g/mol. The smallest absolute Gasteiger partial charge is 0.266 e. The summed E-state index contributed by atoms with van der Waals surface area (Å²) in [5.41, 5.74) is 3.89. The number of carbonyl (C=O) groups is 1. The molecule has 1 unspecified atom stereocenters. The number of piperazine rings is 1. The van der Waals surface area contributed by atoms with Gasteiger partial charge in [0.05, 0.1) is 5.69 Å². The molecule has 10 heteroatoms. The fourth-order valence-corrected chi connectivity index (χ4v) is 6.05. The molecule has 2 aliphatic rings. The molecule has 1 amide bonds. The van der Waals surface area contributed by atoms with Crippen LogP contribution in [-0.4, -0.2) is 84.3 Å². The highest BCUT2D eigenvalue weighted by molar-refractivity contribution is 5.86. The fraction of sp³-hybridized carbons (Fsp3) is 0.613. The highest BCUT2D eigenvalue weighted by Gasteiger charge is 2.43. The number of aromatic hydroxyl groups is 1. The highest BCUT2D eigenvalue weighted by atomic mass is 35.5. The SMILES string of the molecule is CCN(CC)c1ccc(N2CCN(C(=O)C3(C)CCc4c(C)c(O)c(C)c(C)c4O3)CC2)nc1N(CC)CC.Cl.O. The molecule has 2 aromatic rings. The Kier molecular flexibility index (Phi) is 11.6. The second-order valence-corrected chi connectivity index (χ2v) is 11.0. The predicted octanol–water partition coefficient (Wildman–Crippen LogP) is 4.43. The van der Waals surface area contributed by atoms with Crippen LogP contribution in [0, 0.1) is 20.8 Å². The molecule has 1 fully saturated rings. The summed E-state index contributed by atoms with van der Waals surface area (Å²) in [4.78, 5) is 27.9. The van der Waals surface area contributed by atoms with Gasteiger partial charge >= 0.3 is 0 Å². The van der Waals surface area contributed by atoms with E-state index in [9.17, 15) is 9.90 Å². The number of benzene rings is 1. The van der Waals surface area contributed by atoms with Crippen LogP contribution in [0.5, 0.6) is 11.5 Å². The molecule has 1 aromatic carbocycles. The van der Waals surface area contributed by atoms with E-state index in [2.05, 4.69) is 54.5 Å². The van der Waals surface area contributed by atoms with Crippen molar-refractivity contribution in [3.63, 3.8) is 0 Å². The van der Waals surface area contributed by atoms with Crippen LogP contribution in [0.2, 0.25) is 0 Å². The Hall–Kier alpha value is -2.91. The topological polar surface area (TPSA) is 104 Å². The molecule has 3 N–H and O–H groups in total. The standard InChI is InChI=1S/C31H47N5O3.ClH.H2O/c1-9-33(10-2)25-13-14-26(32-29(25)34(11-3)12-4)35-17-19-36(20-18-35)30(38)31(8)16-15-24-23(7)27(37)21(5)22(6)28(24)39-31;;/h13-14,37H,9-12,15-20H2,1-8H3;1H;1H2. The number of hydrogen-bond donors (Lipinski definition) is 1. The van der Waals surface area contributed by atoms with Crippen LogP contribution in [0.1, 0.15) is 63.3 Å². The van der Waals surface area contributed by atoms with Gasteiger partial charge in [-0.15, -0.1) is 12.4 Å². The Morgan fingerprint density at radius 2 is 1.54 bits per heavy atom. The number of aromatic nitrogens is 1. The number of nitrogens with zero attached hydrogens (tertiary/aromatic N) is 5.